The van der Waals surface area contributed by atoms with E-state index in [1.165, 1.54) is 22.1 Å². The summed E-state index contributed by atoms with van der Waals surface area (Å²) in [7, 11) is 4.31. The highest BCUT2D eigenvalue weighted by molar-refractivity contribution is 8.20. The zero-order valence-electron chi connectivity index (χ0n) is 13.5. The zero-order valence-corrected chi connectivity index (χ0v) is 15.2. The molecule has 20 heavy (non-hydrogen) atoms. The predicted octanol–water partition coefficient (Wildman–Crippen LogP) is 4.77. The molecular formula is C17H26NPS. The predicted molar refractivity (Wildman–Crippen MR) is 95.3 cm³/mol. The minimum atomic E-state index is -1.58. The van der Waals surface area contributed by atoms with Crippen LogP contribution in [0.1, 0.15) is 38.8 Å². The van der Waals surface area contributed by atoms with E-state index < -0.39 is 6.04 Å². The van der Waals surface area contributed by atoms with Crippen LogP contribution in [-0.4, -0.2) is 30.3 Å². The van der Waals surface area contributed by atoms with Gasteiger partial charge in [-0.2, -0.15) is 0 Å². The highest BCUT2D eigenvalue weighted by Crippen LogP contribution is 2.68. The van der Waals surface area contributed by atoms with Crippen LogP contribution < -0.4 is 0 Å². The number of hydrogen-bond donors (Lipinski definition) is 0. The van der Waals surface area contributed by atoms with E-state index >= 15 is 0 Å². The average molecular weight is 307 g/mol. The van der Waals surface area contributed by atoms with Crippen molar-refractivity contribution in [2.24, 2.45) is 0 Å². The van der Waals surface area contributed by atoms with Crippen LogP contribution in [0, 0.1) is 0 Å². The number of hydrogen-bond acceptors (Lipinski definition) is 2. The first kappa shape index (κ1) is 15.8. The van der Waals surface area contributed by atoms with Crippen molar-refractivity contribution < 1.29 is 0 Å². The Kier molecular flexibility index (Phi) is 4.47. The fourth-order valence-electron chi connectivity index (χ4n) is 3.20. The normalized spacial score (nSPS) is 15.2. The van der Waals surface area contributed by atoms with Gasteiger partial charge in [0.25, 0.3) is 0 Å². The van der Waals surface area contributed by atoms with Crippen LogP contribution in [-0.2, 0) is 18.2 Å². The molecule has 0 unspecified atom stereocenters. The topological polar surface area (TPSA) is 3.24 Å². The lowest BCUT2D eigenvalue weighted by Crippen LogP contribution is -2.16. The number of benzene rings is 1. The molecule has 0 N–H and O–H groups in total. The molecule has 1 aromatic rings. The second kappa shape index (κ2) is 5.66. The van der Waals surface area contributed by atoms with Gasteiger partial charge in [0.15, 0.2) is 0 Å². The van der Waals surface area contributed by atoms with E-state index in [-0.39, 0.29) is 0 Å². The summed E-state index contributed by atoms with van der Waals surface area (Å²) < 4.78 is 0. The van der Waals surface area contributed by atoms with Crippen molar-refractivity contribution in [3.63, 3.8) is 0 Å². The highest BCUT2D eigenvalue weighted by atomic mass is 32.4. The molecule has 3 heteroatoms. The Morgan fingerprint density at radius 1 is 1.05 bits per heavy atom. The van der Waals surface area contributed by atoms with E-state index in [0.717, 1.165) is 6.42 Å². The quantitative estimate of drug-likeness (QED) is 0.737. The zero-order chi connectivity index (χ0) is 15.1. The molecule has 1 nitrogen and oxygen atoms in total. The van der Waals surface area contributed by atoms with Crippen LogP contribution in [0.4, 0.5) is 0 Å². The maximum absolute atomic E-state index is 6.31. The summed E-state index contributed by atoms with van der Waals surface area (Å²) in [5.41, 5.74) is 5.41. The number of fused-ring (bicyclic) bond motifs is 1. The Balaban J connectivity index is 2.72. The van der Waals surface area contributed by atoms with Crippen LogP contribution in [0.3, 0.4) is 0 Å². The molecule has 0 amide bonds. The minimum Gasteiger partial charge on any atom is -0.380 e. The maximum atomic E-state index is 6.31. The summed E-state index contributed by atoms with van der Waals surface area (Å²) >= 11 is 6.31. The van der Waals surface area contributed by atoms with Crippen LogP contribution in [0.5, 0.6) is 0 Å². The first-order chi connectivity index (χ1) is 9.30. The molecule has 110 valence electrons. The van der Waals surface area contributed by atoms with E-state index in [9.17, 15) is 0 Å². The van der Waals surface area contributed by atoms with Crippen molar-refractivity contribution in [2.45, 2.75) is 45.4 Å². The molecule has 1 aliphatic rings. The van der Waals surface area contributed by atoms with Gasteiger partial charge < -0.3 is 4.90 Å². The second-order valence-corrected chi connectivity index (χ2v) is 12.2. The first-order valence-corrected chi connectivity index (χ1v) is 10.3. The van der Waals surface area contributed by atoms with E-state index in [0.29, 0.717) is 11.3 Å². The van der Waals surface area contributed by atoms with Gasteiger partial charge >= 0.3 is 0 Å². The lowest BCUT2D eigenvalue weighted by molar-refractivity contribution is 0.506. The van der Waals surface area contributed by atoms with Gasteiger partial charge in [0, 0.05) is 31.5 Å². The van der Waals surface area contributed by atoms with E-state index in [2.05, 4.69) is 71.0 Å². The molecule has 0 heterocycles. The monoisotopic (exact) mass is 307 g/mol. The third-order valence-electron chi connectivity index (χ3n) is 4.33. The molecule has 0 bridgehead atoms. The Morgan fingerprint density at radius 2 is 1.60 bits per heavy atom. The minimum absolute atomic E-state index is 0.550. The fourth-order valence-corrected chi connectivity index (χ4v) is 7.31. The molecule has 0 spiro atoms. The molecule has 1 aromatic carbocycles. The van der Waals surface area contributed by atoms with Crippen LogP contribution >= 0.6 is 6.04 Å². The molecule has 0 radical (unpaired) electrons. The van der Waals surface area contributed by atoms with Crippen molar-refractivity contribution in [3.05, 3.63) is 41.1 Å². The summed E-state index contributed by atoms with van der Waals surface area (Å²) in [6.07, 6.45) is 1.04. The summed E-state index contributed by atoms with van der Waals surface area (Å²) in [5.74, 6) is 0. The fraction of sp³-hybridized carbons (Fsp3) is 0.529. The van der Waals surface area contributed by atoms with Gasteiger partial charge in [-0.3, -0.25) is 0 Å². The van der Waals surface area contributed by atoms with Gasteiger partial charge in [-0.25, -0.2) is 0 Å². The Hall–Kier alpha value is -0.590. The third kappa shape index (κ3) is 2.38. The first-order valence-electron chi connectivity index (χ1n) is 7.38. The van der Waals surface area contributed by atoms with Crippen LogP contribution in [0.15, 0.2) is 30.0 Å². The number of likely N-dealkylation sites (N-methyl/N-ethyl adjacent to an activating group) is 1. The molecule has 0 saturated carbocycles. The molecule has 0 atom stereocenters. The van der Waals surface area contributed by atoms with Gasteiger partial charge in [0.1, 0.15) is 0 Å². The summed E-state index contributed by atoms with van der Waals surface area (Å²) in [5, 5.41) is 1.50. The van der Waals surface area contributed by atoms with E-state index in [1.807, 2.05) is 0 Å². The van der Waals surface area contributed by atoms with E-state index in [1.54, 1.807) is 0 Å². The van der Waals surface area contributed by atoms with Gasteiger partial charge in [-0.15, -0.1) is 0 Å². The molecule has 0 fully saturated rings. The van der Waals surface area contributed by atoms with Crippen molar-refractivity contribution in [1.29, 1.82) is 0 Å². The van der Waals surface area contributed by atoms with Crippen molar-refractivity contribution in [3.8, 4) is 0 Å². The van der Waals surface area contributed by atoms with E-state index in [4.69, 9.17) is 11.8 Å². The molecular weight excluding hydrogens is 281 g/mol. The maximum Gasteiger partial charge on any atom is 0.0264 e. The average Bonchev–Trinajstić information content (AvgIpc) is 2.77. The van der Waals surface area contributed by atoms with Gasteiger partial charge in [0.2, 0.25) is 0 Å². The van der Waals surface area contributed by atoms with Crippen LogP contribution in [0.2, 0.25) is 0 Å². The lowest BCUT2D eigenvalue weighted by Gasteiger charge is -2.34. The van der Waals surface area contributed by atoms with Crippen molar-refractivity contribution in [1.82, 2.24) is 4.90 Å². The summed E-state index contributed by atoms with van der Waals surface area (Å²) in [4.78, 5) is 2.28. The lowest BCUT2D eigenvalue weighted by atomic mass is 10.1. The number of rotatable bonds is 4. The summed E-state index contributed by atoms with van der Waals surface area (Å²) in [6.45, 7) is 9.23. The second-order valence-electron chi connectivity index (χ2n) is 6.42. The largest absolute Gasteiger partial charge is 0.380 e. The summed E-state index contributed by atoms with van der Waals surface area (Å²) in [6, 6.07) is 7.24. The Bertz CT molecular complexity index is 572. The standard InChI is InChI=1S/C17H26NPS/c1-12(2)19(20,13(3)4)17-15-10-8-7-9-14(15)11-16(17)18(5)6/h7-10,12-13H,11H2,1-6H3. The van der Waals surface area contributed by atoms with Gasteiger partial charge in [0.05, 0.1) is 0 Å². The molecule has 1 aliphatic carbocycles. The molecule has 2 rings (SSSR count). The third-order valence-corrected chi connectivity index (χ3v) is 11.7. The molecule has 0 aliphatic heterocycles. The van der Waals surface area contributed by atoms with Gasteiger partial charge in [-0.1, -0.05) is 63.8 Å². The Labute approximate surface area is 129 Å². The van der Waals surface area contributed by atoms with Crippen LogP contribution in [0.25, 0.3) is 5.31 Å². The number of nitrogens with zero attached hydrogens (tertiary/aromatic N) is 1. The highest BCUT2D eigenvalue weighted by Gasteiger charge is 2.37. The SMILES string of the molecule is CC(C)P(=S)(C1=C(N(C)C)Cc2ccccc21)C(C)C. The molecule has 0 saturated heterocycles. The number of allylic oxidation sites excluding steroid dienone is 1. The van der Waals surface area contributed by atoms with Crippen molar-refractivity contribution >= 4 is 23.2 Å². The molecule has 0 aromatic heterocycles. The van der Waals surface area contributed by atoms with Crippen molar-refractivity contribution in [2.75, 3.05) is 14.1 Å². The smallest absolute Gasteiger partial charge is 0.0264 e. The van der Waals surface area contributed by atoms with Gasteiger partial charge in [-0.05, 0) is 28.5 Å². The Morgan fingerprint density at radius 3 is 2.10 bits per heavy atom.